The van der Waals surface area contributed by atoms with E-state index in [9.17, 15) is 13.6 Å². The second-order valence-electron chi connectivity index (χ2n) is 5.20. The Bertz CT molecular complexity index is 734. The molecule has 0 radical (unpaired) electrons. The fourth-order valence-corrected chi connectivity index (χ4v) is 2.58. The van der Waals surface area contributed by atoms with Crippen LogP contribution in [-0.4, -0.2) is 11.9 Å². The number of anilines is 2. The average Bonchev–Trinajstić information content (AvgIpc) is 2.48. The minimum atomic E-state index is -0.982. The molecule has 6 heteroatoms. The van der Waals surface area contributed by atoms with E-state index < -0.39 is 17.7 Å². The van der Waals surface area contributed by atoms with Crippen molar-refractivity contribution in [3.05, 3.63) is 58.6 Å². The zero-order chi connectivity index (χ0) is 15.9. The molecule has 1 N–H and O–H groups in total. The van der Waals surface area contributed by atoms with Crippen LogP contribution in [0.2, 0.25) is 5.02 Å². The summed E-state index contributed by atoms with van der Waals surface area (Å²) >= 11 is 5.84. The molecule has 1 aliphatic heterocycles. The lowest BCUT2D eigenvalue weighted by molar-refractivity contribution is -0.119. The molecule has 22 heavy (non-hydrogen) atoms. The van der Waals surface area contributed by atoms with Crippen molar-refractivity contribution in [1.29, 1.82) is 0 Å². The Balaban J connectivity index is 2.01. The van der Waals surface area contributed by atoms with Gasteiger partial charge in [-0.25, -0.2) is 8.78 Å². The Labute approximate surface area is 131 Å². The van der Waals surface area contributed by atoms with Crippen molar-refractivity contribution in [2.75, 3.05) is 10.2 Å². The fourth-order valence-electron chi connectivity index (χ4n) is 2.46. The molecule has 1 amide bonds. The summed E-state index contributed by atoms with van der Waals surface area (Å²) in [6.45, 7) is 1.95. The van der Waals surface area contributed by atoms with E-state index in [2.05, 4.69) is 5.32 Å². The van der Waals surface area contributed by atoms with Crippen molar-refractivity contribution in [3.8, 4) is 0 Å². The van der Waals surface area contributed by atoms with Gasteiger partial charge in [-0.2, -0.15) is 0 Å². The SMILES string of the molecule is CC1Nc2cc(F)c(F)cc2N(Cc2ccc(Cl)cc2)C1=O. The van der Waals surface area contributed by atoms with Crippen molar-refractivity contribution in [3.63, 3.8) is 0 Å². The van der Waals surface area contributed by atoms with E-state index in [0.717, 1.165) is 17.7 Å². The van der Waals surface area contributed by atoms with Crippen molar-refractivity contribution in [2.24, 2.45) is 0 Å². The van der Waals surface area contributed by atoms with E-state index in [1.165, 1.54) is 4.90 Å². The third kappa shape index (κ3) is 2.64. The third-order valence-electron chi connectivity index (χ3n) is 3.59. The van der Waals surface area contributed by atoms with Crippen LogP contribution in [0.4, 0.5) is 20.2 Å². The quantitative estimate of drug-likeness (QED) is 0.907. The molecule has 1 atom stereocenters. The Hall–Kier alpha value is -2.14. The number of benzene rings is 2. The molecule has 2 aromatic rings. The topological polar surface area (TPSA) is 32.3 Å². The maximum atomic E-state index is 13.5. The maximum absolute atomic E-state index is 13.5. The van der Waals surface area contributed by atoms with E-state index in [1.54, 1.807) is 31.2 Å². The summed E-state index contributed by atoms with van der Waals surface area (Å²) in [6.07, 6.45) is 0. The highest BCUT2D eigenvalue weighted by Crippen LogP contribution is 2.34. The average molecular weight is 323 g/mol. The van der Waals surface area contributed by atoms with E-state index in [4.69, 9.17) is 11.6 Å². The predicted octanol–water partition coefficient (Wildman–Crippen LogP) is 3.97. The number of amides is 1. The second-order valence-corrected chi connectivity index (χ2v) is 5.64. The number of fused-ring (bicyclic) bond motifs is 1. The van der Waals surface area contributed by atoms with Gasteiger partial charge in [-0.3, -0.25) is 4.79 Å². The first-order valence-corrected chi connectivity index (χ1v) is 7.15. The predicted molar refractivity (Wildman–Crippen MR) is 82.1 cm³/mol. The molecule has 3 rings (SSSR count). The second kappa shape index (κ2) is 5.57. The van der Waals surface area contributed by atoms with Crippen molar-refractivity contribution >= 4 is 28.9 Å². The number of nitrogens with one attached hydrogen (secondary N) is 1. The van der Waals surface area contributed by atoms with Gasteiger partial charge in [-0.1, -0.05) is 23.7 Å². The standard InChI is InChI=1S/C16H13ClF2N2O/c1-9-16(22)21(8-10-2-4-11(17)5-3-10)15-7-13(19)12(18)6-14(15)20-9/h2-7,9,20H,8H2,1H3. The summed E-state index contributed by atoms with van der Waals surface area (Å²) < 4.78 is 26.9. The van der Waals surface area contributed by atoms with Gasteiger partial charge in [0.2, 0.25) is 5.91 Å². The van der Waals surface area contributed by atoms with Crippen LogP contribution >= 0.6 is 11.6 Å². The summed E-state index contributed by atoms with van der Waals surface area (Å²) in [5, 5.41) is 3.48. The summed E-state index contributed by atoms with van der Waals surface area (Å²) in [5.74, 6) is -2.13. The summed E-state index contributed by atoms with van der Waals surface area (Å²) in [7, 11) is 0. The largest absolute Gasteiger partial charge is 0.372 e. The normalized spacial score (nSPS) is 17.2. The minimum absolute atomic E-state index is 0.201. The Morgan fingerprint density at radius 2 is 1.82 bits per heavy atom. The number of nitrogens with zero attached hydrogens (tertiary/aromatic N) is 1. The number of carbonyl (C=O) groups is 1. The molecule has 0 aliphatic carbocycles. The molecule has 114 valence electrons. The van der Waals surface area contributed by atoms with Crippen LogP contribution in [0.5, 0.6) is 0 Å². The maximum Gasteiger partial charge on any atom is 0.249 e. The lowest BCUT2D eigenvalue weighted by Gasteiger charge is -2.34. The number of halogens is 3. The highest BCUT2D eigenvalue weighted by molar-refractivity contribution is 6.30. The molecule has 0 fully saturated rings. The highest BCUT2D eigenvalue weighted by atomic mass is 35.5. The molecule has 2 aromatic carbocycles. The molecule has 1 unspecified atom stereocenters. The van der Waals surface area contributed by atoms with E-state index in [-0.39, 0.29) is 12.5 Å². The molecule has 1 heterocycles. The molecule has 0 saturated heterocycles. The number of carbonyl (C=O) groups excluding carboxylic acids is 1. The van der Waals surface area contributed by atoms with Crippen LogP contribution in [0.3, 0.4) is 0 Å². The molecule has 0 saturated carbocycles. The number of rotatable bonds is 2. The Morgan fingerprint density at radius 3 is 2.50 bits per heavy atom. The monoisotopic (exact) mass is 322 g/mol. The lowest BCUT2D eigenvalue weighted by Crippen LogP contribution is -2.45. The zero-order valence-corrected chi connectivity index (χ0v) is 12.5. The molecule has 0 bridgehead atoms. The van der Waals surface area contributed by atoms with Crippen LogP contribution in [0, 0.1) is 11.6 Å². The first-order valence-electron chi connectivity index (χ1n) is 6.77. The fraction of sp³-hybridized carbons (Fsp3) is 0.188. The van der Waals surface area contributed by atoms with Gasteiger partial charge >= 0.3 is 0 Å². The smallest absolute Gasteiger partial charge is 0.249 e. The molecule has 3 nitrogen and oxygen atoms in total. The summed E-state index contributed by atoms with van der Waals surface area (Å²) in [6, 6.07) is 8.63. The van der Waals surface area contributed by atoms with Crippen LogP contribution in [0.25, 0.3) is 0 Å². The van der Waals surface area contributed by atoms with Crippen LogP contribution < -0.4 is 10.2 Å². The van der Waals surface area contributed by atoms with Crippen molar-refractivity contribution < 1.29 is 13.6 Å². The van der Waals surface area contributed by atoms with Gasteiger partial charge < -0.3 is 10.2 Å². The molecular weight excluding hydrogens is 310 g/mol. The zero-order valence-electron chi connectivity index (χ0n) is 11.7. The molecule has 0 spiro atoms. The van der Waals surface area contributed by atoms with Gasteiger partial charge in [-0.05, 0) is 24.6 Å². The molecule has 0 aromatic heterocycles. The third-order valence-corrected chi connectivity index (χ3v) is 3.84. The first kappa shape index (κ1) is 14.8. The van der Waals surface area contributed by atoms with E-state index in [0.29, 0.717) is 16.4 Å². The van der Waals surface area contributed by atoms with E-state index >= 15 is 0 Å². The van der Waals surface area contributed by atoms with Gasteiger partial charge in [0, 0.05) is 17.2 Å². The van der Waals surface area contributed by atoms with E-state index in [1.807, 2.05) is 0 Å². The summed E-state index contributed by atoms with van der Waals surface area (Å²) in [4.78, 5) is 13.8. The number of hydrogen-bond donors (Lipinski definition) is 1. The van der Waals surface area contributed by atoms with Gasteiger partial charge in [0.1, 0.15) is 6.04 Å². The highest BCUT2D eigenvalue weighted by Gasteiger charge is 2.30. The van der Waals surface area contributed by atoms with Crippen molar-refractivity contribution in [1.82, 2.24) is 0 Å². The molecular formula is C16H13ClF2N2O. The lowest BCUT2D eigenvalue weighted by atomic mass is 10.1. The minimum Gasteiger partial charge on any atom is -0.372 e. The number of hydrogen-bond acceptors (Lipinski definition) is 2. The van der Waals surface area contributed by atoms with Crippen LogP contribution in [0.15, 0.2) is 36.4 Å². The summed E-state index contributed by atoms with van der Waals surface area (Å²) in [5.41, 5.74) is 1.58. The van der Waals surface area contributed by atoms with Crippen LogP contribution in [0.1, 0.15) is 12.5 Å². The van der Waals surface area contributed by atoms with Gasteiger partial charge in [0.05, 0.1) is 17.9 Å². The van der Waals surface area contributed by atoms with Gasteiger partial charge in [0.15, 0.2) is 11.6 Å². The Kier molecular flexibility index (Phi) is 3.74. The molecule has 1 aliphatic rings. The van der Waals surface area contributed by atoms with Crippen LogP contribution in [-0.2, 0) is 11.3 Å². The van der Waals surface area contributed by atoms with Crippen molar-refractivity contribution in [2.45, 2.75) is 19.5 Å². The first-order chi connectivity index (χ1) is 10.5. The van der Waals surface area contributed by atoms with Gasteiger partial charge in [0.25, 0.3) is 0 Å². The van der Waals surface area contributed by atoms with Gasteiger partial charge in [-0.15, -0.1) is 0 Å². The Morgan fingerprint density at radius 1 is 1.18 bits per heavy atom.